The Bertz CT molecular complexity index is 1020. The first-order valence-electron chi connectivity index (χ1n) is 11.0. The number of ether oxygens (including phenoxy) is 2. The zero-order valence-corrected chi connectivity index (χ0v) is 18.7. The van der Waals surface area contributed by atoms with E-state index in [-0.39, 0.29) is 19.1 Å². The lowest BCUT2D eigenvalue weighted by Crippen LogP contribution is -2.55. The van der Waals surface area contributed by atoms with Gasteiger partial charge in [-0.25, -0.2) is 9.59 Å². The smallest absolute Gasteiger partial charge is 0.407 e. The third-order valence-electron chi connectivity index (χ3n) is 6.70. The van der Waals surface area contributed by atoms with Crippen molar-refractivity contribution >= 4 is 18.0 Å². The van der Waals surface area contributed by atoms with Crippen LogP contribution < -0.4 is 5.32 Å². The first-order valence-corrected chi connectivity index (χ1v) is 11.0. The van der Waals surface area contributed by atoms with Crippen LogP contribution in [-0.4, -0.2) is 66.4 Å². The molecule has 1 unspecified atom stereocenters. The molecule has 2 aliphatic rings. The van der Waals surface area contributed by atoms with E-state index in [1.165, 1.54) is 18.9 Å². The summed E-state index contributed by atoms with van der Waals surface area (Å²) in [5.41, 5.74) is 3.23. The van der Waals surface area contributed by atoms with Crippen molar-refractivity contribution in [3.05, 3.63) is 59.7 Å². The average molecular weight is 453 g/mol. The average Bonchev–Trinajstić information content (AvgIpc) is 3.37. The van der Waals surface area contributed by atoms with Crippen LogP contribution in [0.3, 0.4) is 0 Å². The van der Waals surface area contributed by atoms with Gasteiger partial charge in [0.05, 0.1) is 6.54 Å². The minimum absolute atomic E-state index is 0.0659. The zero-order chi connectivity index (χ0) is 23.6. The summed E-state index contributed by atoms with van der Waals surface area (Å²) in [5, 5.41) is 12.1. The van der Waals surface area contributed by atoms with Crippen molar-refractivity contribution in [1.29, 1.82) is 0 Å². The van der Waals surface area contributed by atoms with Gasteiger partial charge in [-0.1, -0.05) is 48.5 Å². The summed E-state index contributed by atoms with van der Waals surface area (Å²) in [6, 6.07) is 16.1. The van der Waals surface area contributed by atoms with Gasteiger partial charge in [-0.3, -0.25) is 4.79 Å². The molecule has 174 valence electrons. The summed E-state index contributed by atoms with van der Waals surface area (Å²) in [6.45, 7) is 1.92. The molecule has 0 bridgehead atoms. The van der Waals surface area contributed by atoms with Crippen molar-refractivity contribution in [3.63, 3.8) is 0 Å². The van der Waals surface area contributed by atoms with Crippen molar-refractivity contribution in [2.24, 2.45) is 0 Å². The number of rotatable bonds is 7. The number of amides is 2. The molecule has 8 heteroatoms. The van der Waals surface area contributed by atoms with E-state index in [0.717, 1.165) is 22.3 Å². The Balaban J connectivity index is 1.36. The number of nitrogens with zero attached hydrogens (tertiary/aromatic N) is 1. The second-order valence-electron chi connectivity index (χ2n) is 8.60. The number of carboxylic acids is 1. The summed E-state index contributed by atoms with van der Waals surface area (Å²) in [4.78, 5) is 38.3. The Morgan fingerprint density at radius 3 is 2.30 bits per heavy atom. The predicted molar refractivity (Wildman–Crippen MR) is 121 cm³/mol. The maximum absolute atomic E-state index is 12.9. The highest BCUT2D eigenvalue weighted by molar-refractivity contribution is 5.90. The van der Waals surface area contributed by atoms with E-state index < -0.39 is 29.6 Å². The van der Waals surface area contributed by atoms with Crippen molar-refractivity contribution in [2.45, 2.75) is 37.3 Å². The van der Waals surface area contributed by atoms with Crippen LogP contribution in [0.2, 0.25) is 0 Å². The quantitative estimate of drug-likeness (QED) is 0.669. The molecule has 2 atom stereocenters. The van der Waals surface area contributed by atoms with Crippen molar-refractivity contribution < 1.29 is 29.0 Å². The number of alkyl carbamates (subject to hydrolysis) is 1. The molecule has 0 saturated carbocycles. The van der Waals surface area contributed by atoms with E-state index in [4.69, 9.17) is 9.47 Å². The minimum atomic E-state index is -1.27. The fraction of sp³-hybridized carbons (Fsp3) is 0.400. The number of likely N-dealkylation sites (tertiary alicyclic amines) is 1. The number of hydrogen-bond acceptors (Lipinski definition) is 5. The third kappa shape index (κ3) is 4.18. The fourth-order valence-corrected chi connectivity index (χ4v) is 4.81. The SMILES string of the molecule is COC(CNC(=O)OCC1c2ccccc2-c2ccccc21)C(=O)N1CCC[C@@]1(C)C(=O)O. The minimum Gasteiger partial charge on any atom is -0.480 e. The monoisotopic (exact) mass is 452 g/mol. The Morgan fingerprint density at radius 2 is 1.73 bits per heavy atom. The van der Waals surface area contributed by atoms with Crippen molar-refractivity contribution in [2.75, 3.05) is 26.8 Å². The van der Waals surface area contributed by atoms with Gasteiger partial charge in [-0.2, -0.15) is 0 Å². The lowest BCUT2D eigenvalue weighted by molar-refractivity contribution is -0.159. The first kappa shape index (κ1) is 22.8. The number of carbonyl (C=O) groups excluding carboxylic acids is 2. The Labute approximate surface area is 192 Å². The van der Waals surface area contributed by atoms with Gasteiger partial charge in [0.25, 0.3) is 5.91 Å². The lowest BCUT2D eigenvalue weighted by atomic mass is 9.98. The van der Waals surface area contributed by atoms with Gasteiger partial charge >= 0.3 is 12.1 Å². The van der Waals surface area contributed by atoms with E-state index >= 15 is 0 Å². The van der Waals surface area contributed by atoms with Gasteiger partial charge < -0.3 is 24.8 Å². The molecule has 0 radical (unpaired) electrons. The largest absolute Gasteiger partial charge is 0.480 e. The second kappa shape index (κ2) is 9.23. The molecule has 1 fully saturated rings. The molecule has 1 aliphatic heterocycles. The van der Waals surface area contributed by atoms with Crippen molar-refractivity contribution in [3.8, 4) is 11.1 Å². The molecule has 0 aromatic heterocycles. The van der Waals surface area contributed by atoms with Crippen LogP contribution in [0.5, 0.6) is 0 Å². The summed E-state index contributed by atoms with van der Waals surface area (Å²) in [5.74, 6) is -1.57. The highest BCUT2D eigenvalue weighted by Crippen LogP contribution is 2.44. The van der Waals surface area contributed by atoms with Crippen LogP contribution in [-0.2, 0) is 19.1 Å². The van der Waals surface area contributed by atoms with Gasteiger partial charge in [0.2, 0.25) is 0 Å². The lowest BCUT2D eigenvalue weighted by Gasteiger charge is -2.33. The first-order chi connectivity index (χ1) is 15.9. The van der Waals surface area contributed by atoms with E-state index in [1.54, 1.807) is 0 Å². The van der Waals surface area contributed by atoms with Crippen LogP contribution in [0.25, 0.3) is 11.1 Å². The maximum Gasteiger partial charge on any atom is 0.407 e. The van der Waals surface area contributed by atoms with Gasteiger partial charge in [0.1, 0.15) is 12.1 Å². The molecule has 2 aromatic carbocycles. The topological polar surface area (TPSA) is 105 Å². The Hall–Kier alpha value is -3.39. The molecule has 2 N–H and O–H groups in total. The number of benzene rings is 2. The van der Waals surface area contributed by atoms with E-state index in [1.807, 2.05) is 36.4 Å². The molecular weight excluding hydrogens is 424 g/mol. The predicted octanol–water partition coefficient (Wildman–Crippen LogP) is 3.01. The molecule has 2 aromatic rings. The summed E-state index contributed by atoms with van der Waals surface area (Å²) >= 11 is 0. The van der Waals surface area contributed by atoms with Gasteiger partial charge in [0, 0.05) is 19.6 Å². The molecular formula is C25H28N2O6. The molecule has 1 saturated heterocycles. The highest BCUT2D eigenvalue weighted by atomic mass is 16.5. The highest BCUT2D eigenvalue weighted by Gasteiger charge is 2.47. The molecule has 1 aliphatic carbocycles. The summed E-state index contributed by atoms with van der Waals surface area (Å²) in [6.07, 6.45) is -0.675. The summed E-state index contributed by atoms with van der Waals surface area (Å²) in [7, 11) is 1.36. The molecule has 2 amide bonds. The number of carboxylic acid groups (broad SMARTS) is 1. The number of nitrogens with one attached hydrogen (secondary N) is 1. The number of hydrogen-bond donors (Lipinski definition) is 2. The molecule has 8 nitrogen and oxygen atoms in total. The van der Waals surface area contributed by atoms with E-state index in [9.17, 15) is 19.5 Å². The van der Waals surface area contributed by atoms with Crippen LogP contribution in [0.15, 0.2) is 48.5 Å². The van der Waals surface area contributed by atoms with Crippen molar-refractivity contribution in [1.82, 2.24) is 10.2 Å². The van der Waals surface area contributed by atoms with Crippen LogP contribution in [0.4, 0.5) is 4.79 Å². The fourth-order valence-electron chi connectivity index (χ4n) is 4.81. The third-order valence-corrected chi connectivity index (χ3v) is 6.70. The van der Waals surface area contributed by atoms with Crippen LogP contribution in [0, 0.1) is 0 Å². The molecule has 0 spiro atoms. The van der Waals surface area contributed by atoms with Gasteiger partial charge in [-0.15, -0.1) is 0 Å². The normalized spacial score (nSPS) is 20.1. The molecule has 4 rings (SSSR count). The van der Waals surface area contributed by atoms with Crippen LogP contribution in [0.1, 0.15) is 36.8 Å². The molecule has 1 heterocycles. The number of methoxy groups -OCH3 is 1. The molecule has 33 heavy (non-hydrogen) atoms. The van der Waals surface area contributed by atoms with Crippen LogP contribution >= 0.6 is 0 Å². The number of fused-ring (bicyclic) bond motifs is 3. The number of aliphatic carboxylic acids is 1. The van der Waals surface area contributed by atoms with E-state index in [0.29, 0.717) is 19.4 Å². The van der Waals surface area contributed by atoms with E-state index in [2.05, 4.69) is 17.4 Å². The Morgan fingerprint density at radius 1 is 1.12 bits per heavy atom. The Kier molecular flexibility index (Phi) is 6.37. The van der Waals surface area contributed by atoms with Gasteiger partial charge in [-0.05, 0) is 42.0 Å². The second-order valence-corrected chi connectivity index (χ2v) is 8.60. The van der Waals surface area contributed by atoms with Gasteiger partial charge in [0.15, 0.2) is 6.10 Å². The summed E-state index contributed by atoms with van der Waals surface area (Å²) < 4.78 is 10.8. The number of carbonyl (C=O) groups is 3. The zero-order valence-electron chi connectivity index (χ0n) is 18.7. The standard InChI is InChI=1S/C25H28N2O6/c1-25(23(29)30)12-7-13-27(25)22(28)21(32-2)14-26-24(31)33-15-20-18-10-5-3-8-16(18)17-9-4-6-11-19(17)20/h3-6,8-11,20-21H,7,12-15H2,1-2H3,(H,26,31)(H,29,30)/t21?,25-/m0/s1. The maximum atomic E-state index is 12.9.